The normalized spacial score (nSPS) is 10.2. The largest absolute Gasteiger partial charge is 0.497 e. The maximum atomic E-state index is 9.09. The van der Waals surface area contributed by atoms with E-state index < -0.39 is 0 Å². The fourth-order valence-corrected chi connectivity index (χ4v) is 3.31. The predicted octanol–water partition coefficient (Wildman–Crippen LogP) is 3.31. The average Bonchev–Trinajstić information content (AvgIpc) is 2.78. The van der Waals surface area contributed by atoms with E-state index in [2.05, 4.69) is 6.07 Å². The van der Waals surface area contributed by atoms with Gasteiger partial charge in [-0.15, -0.1) is 11.3 Å². The highest BCUT2D eigenvalue weighted by Crippen LogP contribution is 2.32. The van der Waals surface area contributed by atoms with Crippen molar-refractivity contribution in [3.8, 4) is 17.6 Å². The number of nitriles is 1. The maximum absolute atomic E-state index is 9.09. The molecule has 0 saturated heterocycles. The van der Waals surface area contributed by atoms with Gasteiger partial charge >= 0.3 is 0 Å². The fourth-order valence-electron chi connectivity index (χ4n) is 2.29. The second kappa shape index (κ2) is 6.51. The van der Waals surface area contributed by atoms with Gasteiger partial charge in [0.15, 0.2) is 0 Å². The first-order valence-corrected chi connectivity index (χ1v) is 7.41. The van der Waals surface area contributed by atoms with E-state index in [1.807, 2.05) is 25.1 Å². The fraction of sp³-hybridized carbons (Fsp3) is 0.312. The highest BCUT2D eigenvalue weighted by Gasteiger charge is 2.13. The summed E-state index contributed by atoms with van der Waals surface area (Å²) in [5.74, 6) is 1.66. The molecule has 0 saturated carbocycles. The van der Waals surface area contributed by atoms with Crippen molar-refractivity contribution in [3.63, 3.8) is 0 Å². The van der Waals surface area contributed by atoms with Crippen LogP contribution >= 0.6 is 11.3 Å². The van der Waals surface area contributed by atoms with Gasteiger partial charge in [0.1, 0.15) is 22.6 Å². The number of hydrogen-bond donors (Lipinski definition) is 1. The lowest BCUT2D eigenvalue weighted by atomic mass is 10.0. The van der Waals surface area contributed by atoms with Crippen LogP contribution in [0.25, 0.3) is 0 Å². The summed E-state index contributed by atoms with van der Waals surface area (Å²) in [6, 6.07) is 7.93. The molecule has 2 aromatic rings. The molecule has 110 valence electrons. The summed E-state index contributed by atoms with van der Waals surface area (Å²) in [6.07, 6.45) is 1.64. The molecule has 0 fully saturated rings. The van der Waals surface area contributed by atoms with Crippen molar-refractivity contribution in [1.82, 2.24) is 0 Å². The van der Waals surface area contributed by atoms with Crippen molar-refractivity contribution in [1.29, 1.82) is 5.26 Å². The smallest absolute Gasteiger partial charge is 0.122 e. The minimum Gasteiger partial charge on any atom is -0.497 e. The molecular formula is C16H18N2O2S. The van der Waals surface area contributed by atoms with Crippen LogP contribution in [-0.4, -0.2) is 14.2 Å². The summed E-state index contributed by atoms with van der Waals surface area (Å²) < 4.78 is 10.6. The Kier molecular flexibility index (Phi) is 4.71. The number of anilines is 1. The molecule has 0 aliphatic rings. The lowest BCUT2D eigenvalue weighted by molar-refractivity contribution is 0.398. The SMILES string of the molecule is COc1ccc(OC)c(CCc2sc(N)c(C#N)c2C)c1. The standard InChI is InChI=1S/C16H18N2O2S/c1-10-13(9-17)16(18)21-15(10)7-4-11-8-12(19-2)5-6-14(11)20-3/h5-6,8H,4,7,18H2,1-3H3. The van der Waals surface area contributed by atoms with Crippen LogP contribution in [0.15, 0.2) is 18.2 Å². The van der Waals surface area contributed by atoms with Crippen molar-refractivity contribution >= 4 is 16.3 Å². The zero-order valence-corrected chi connectivity index (χ0v) is 13.2. The average molecular weight is 302 g/mol. The number of benzene rings is 1. The van der Waals surface area contributed by atoms with Crippen molar-refractivity contribution in [2.45, 2.75) is 19.8 Å². The molecule has 0 aliphatic heterocycles. The molecule has 0 unspecified atom stereocenters. The molecule has 0 atom stereocenters. The molecule has 5 heteroatoms. The summed E-state index contributed by atoms with van der Waals surface area (Å²) in [5.41, 5.74) is 8.55. The molecule has 1 heterocycles. The van der Waals surface area contributed by atoms with Crippen LogP contribution in [0.1, 0.15) is 21.6 Å². The van der Waals surface area contributed by atoms with E-state index in [9.17, 15) is 0 Å². The van der Waals surface area contributed by atoms with E-state index in [-0.39, 0.29) is 0 Å². The molecule has 0 bridgehead atoms. The first kappa shape index (κ1) is 15.2. The van der Waals surface area contributed by atoms with Gasteiger partial charge in [-0.3, -0.25) is 0 Å². The van der Waals surface area contributed by atoms with Gasteiger partial charge in [-0.25, -0.2) is 0 Å². The summed E-state index contributed by atoms with van der Waals surface area (Å²) in [6.45, 7) is 1.95. The number of methoxy groups -OCH3 is 2. The number of aryl methyl sites for hydroxylation is 2. The van der Waals surface area contributed by atoms with Gasteiger partial charge in [0.05, 0.1) is 19.8 Å². The predicted molar refractivity (Wildman–Crippen MR) is 85.1 cm³/mol. The second-order valence-corrected chi connectivity index (χ2v) is 5.82. The van der Waals surface area contributed by atoms with Gasteiger partial charge < -0.3 is 15.2 Å². The molecule has 0 aliphatic carbocycles. The number of rotatable bonds is 5. The maximum Gasteiger partial charge on any atom is 0.122 e. The van der Waals surface area contributed by atoms with Crippen molar-refractivity contribution < 1.29 is 9.47 Å². The summed E-state index contributed by atoms with van der Waals surface area (Å²) in [4.78, 5) is 1.15. The van der Waals surface area contributed by atoms with Gasteiger partial charge in [-0.1, -0.05) is 0 Å². The lowest BCUT2D eigenvalue weighted by Crippen LogP contribution is -1.96. The Morgan fingerprint density at radius 3 is 2.57 bits per heavy atom. The summed E-state index contributed by atoms with van der Waals surface area (Å²) in [7, 11) is 3.31. The Bertz CT molecular complexity index is 686. The van der Waals surface area contributed by atoms with E-state index in [0.717, 1.165) is 40.3 Å². The molecule has 2 N–H and O–H groups in total. The Morgan fingerprint density at radius 1 is 1.24 bits per heavy atom. The number of nitrogens with two attached hydrogens (primary N) is 1. The first-order chi connectivity index (χ1) is 10.1. The second-order valence-electron chi connectivity index (χ2n) is 4.68. The third kappa shape index (κ3) is 3.11. The van der Waals surface area contributed by atoms with E-state index in [4.69, 9.17) is 20.5 Å². The van der Waals surface area contributed by atoms with Gasteiger partial charge in [0.2, 0.25) is 0 Å². The van der Waals surface area contributed by atoms with E-state index in [0.29, 0.717) is 10.6 Å². The summed E-state index contributed by atoms with van der Waals surface area (Å²) in [5, 5.41) is 9.69. The van der Waals surface area contributed by atoms with Crippen LogP contribution in [0.3, 0.4) is 0 Å². The molecule has 0 amide bonds. The molecule has 21 heavy (non-hydrogen) atoms. The third-order valence-electron chi connectivity index (χ3n) is 3.49. The van der Waals surface area contributed by atoms with Gasteiger partial charge in [0.25, 0.3) is 0 Å². The first-order valence-electron chi connectivity index (χ1n) is 6.59. The Balaban J connectivity index is 2.22. The number of nitrogens with zero attached hydrogens (tertiary/aromatic N) is 1. The molecular weight excluding hydrogens is 284 g/mol. The topological polar surface area (TPSA) is 68.3 Å². The van der Waals surface area contributed by atoms with Crippen molar-refractivity contribution in [3.05, 3.63) is 39.8 Å². The highest BCUT2D eigenvalue weighted by atomic mass is 32.1. The third-order valence-corrected chi connectivity index (χ3v) is 4.67. The van der Waals surface area contributed by atoms with Crippen LogP contribution in [0, 0.1) is 18.3 Å². The van der Waals surface area contributed by atoms with Crippen molar-refractivity contribution in [2.24, 2.45) is 0 Å². The minimum atomic E-state index is 0.600. The zero-order valence-electron chi connectivity index (χ0n) is 12.4. The van der Waals surface area contributed by atoms with E-state index in [1.165, 1.54) is 11.3 Å². The zero-order chi connectivity index (χ0) is 15.4. The molecule has 0 radical (unpaired) electrons. The Labute approximate surface area is 128 Å². The lowest BCUT2D eigenvalue weighted by Gasteiger charge is -2.10. The highest BCUT2D eigenvalue weighted by molar-refractivity contribution is 7.16. The number of hydrogen-bond acceptors (Lipinski definition) is 5. The van der Waals surface area contributed by atoms with Gasteiger partial charge in [-0.05, 0) is 49.1 Å². The molecule has 1 aromatic heterocycles. The van der Waals surface area contributed by atoms with Crippen LogP contribution in [-0.2, 0) is 12.8 Å². The molecule has 1 aromatic carbocycles. The monoisotopic (exact) mass is 302 g/mol. The van der Waals surface area contributed by atoms with E-state index >= 15 is 0 Å². The summed E-state index contributed by atoms with van der Waals surface area (Å²) >= 11 is 1.49. The van der Waals surface area contributed by atoms with Gasteiger partial charge in [0, 0.05) is 4.88 Å². The molecule has 0 spiro atoms. The number of thiophene rings is 1. The van der Waals surface area contributed by atoms with Gasteiger partial charge in [-0.2, -0.15) is 5.26 Å². The quantitative estimate of drug-likeness (QED) is 0.920. The molecule has 4 nitrogen and oxygen atoms in total. The van der Waals surface area contributed by atoms with Crippen LogP contribution in [0.4, 0.5) is 5.00 Å². The van der Waals surface area contributed by atoms with Crippen LogP contribution in [0.5, 0.6) is 11.5 Å². The Morgan fingerprint density at radius 2 is 2.00 bits per heavy atom. The molecule has 2 rings (SSSR count). The van der Waals surface area contributed by atoms with E-state index in [1.54, 1.807) is 14.2 Å². The van der Waals surface area contributed by atoms with Crippen molar-refractivity contribution in [2.75, 3.05) is 20.0 Å². The van der Waals surface area contributed by atoms with Crippen LogP contribution in [0.2, 0.25) is 0 Å². The number of nitrogen functional groups attached to an aromatic ring is 1. The number of ether oxygens (including phenoxy) is 2. The minimum absolute atomic E-state index is 0.600. The van der Waals surface area contributed by atoms with Crippen LogP contribution < -0.4 is 15.2 Å². The Hall–Kier alpha value is -2.19.